The summed E-state index contributed by atoms with van der Waals surface area (Å²) in [5.41, 5.74) is 0.994. The van der Waals surface area contributed by atoms with Crippen LogP contribution in [-0.4, -0.2) is 41.2 Å². The van der Waals surface area contributed by atoms with Crippen molar-refractivity contribution in [2.24, 2.45) is 0 Å². The molecular weight excluding hydrogens is 282 g/mol. The molecule has 0 unspecified atom stereocenters. The highest BCUT2D eigenvalue weighted by Gasteiger charge is 2.32. The van der Waals surface area contributed by atoms with Crippen molar-refractivity contribution in [2.75, 3.05) is 20.8 Å². The highest BCUT2D eigenvalue weighted by molar-refractivity contribution is 5.78. The lowest BCUT2D eigenvalue weighted by Gasteiger charge is -2.37. The quantitative estimate of drug-likeness (QED) is 0.861. The lowest BCUT2D eigenvalue weighted by Crippen LogP contribution is -2.42. The van der Waals surface area contributed by atoms with Gasteiger partial charge in [0.25, 0.3) is 0 Å². The average molecular weight is 301 g/mol. The smallest absolute Gasteiger partial charge is 0.249 e. The largest absolute Gasteiger partial charge is 0.496 e. The third-order valence-corrected chi connectivity index (χ3v) is 3.95. The van der Waals surface area contributed by atoms with E-state index in [1.807, 2.05) is 35.4 Å². The molecule has 6 heteroatoms. The highest BCUT2D eigenvalue weighted by atomic mass is 16.5. The number of nitrogens with zero attached hydrogens (tertiary/aromatic N) is 3. The molecule has 0 saturated heterocycles. The Bertz CT molecular complexity index is 668. The van der Waals surface area contributed by atoms with Gasteiger partial charge in [0.15, 0.2) is 0 Å². The SMILES string of the molecule is COCC(=O)N1Cc2nccn2C[C@H]1c1ccccc1OC. The van der Waals surface area contributed by atoms with Crippen LogP contribution in [0, 0.1) is 0 Å². The van der Waals surface area contributed by atoms with Gasteiger partial charge < -0.3 is 18.9 Å². The molecule has 0 saturated carbocycles. The molecule has 0 bridgehead atoms. The number of methoxy groups -OCH3 is 2. The molecule has 1 aromatic heterocycles. The summed E-state index contributed by atoms with van der Waals surface area (Å²) in [6.07, 6.45) is 3.70. The molecule has 3 rings (SSSR count). The van der Waals surface area contributed by atoms with E-state index in [2.05, 4.69) is 9.55 Å². The summed E-state index contributed by atoms with van der Waals surface area (Å²) in [5, 5.41) is 0. The Morgan fingerprint density at radius 3 is 2.95 bits per heavy atom. The lowest BCUT2D eigenvalue weighted by molar-refractivity contribution is -0.139. The minimum atomic E-state index is -0.0968. The van der Waals surface area contributed by atoms with Crippen LogP contribution in [0.15, 0.2) is 36.7 Å². The fraction of sp³-hybridized carbons (Fsp3) is 0.375. The first-order valence-electron chi connectivity index (χ1n) is 7.16. The first-order valence-corrected chi connectivity index (χ1v) is 7.16. The summed E-state index contributed by atoms with van der Waals surface area (Å²) in [6.45, 7) is 1.19. The Morgan fingerprint density at radius 1 is 1.36 bits per heavy atom. The fourth-order valence-corrected chi connectivity index (χ4v) is 2.88. The van der Waals surface area contributed by atoms with E-state index in [9.17, 15) is 4.79 Å². The topological polar surface area (TPSA) is 56.6 Å². The normalized spacial score (nSPS) is 17.2. The van der Waals surface area contributed by atoms with E-state index in [4.69, 9.17) is 9.47 Å². The van der Waals surface area contributed by atoms with Crippen LogP contribution in [0.4, 0.5) is 0 Å². The summed E-state index contributed by atoms with van der Waals surface area (Å²) >= 11 is 0. The minimum absolute atomic E-state index is 0.0485. The molecule has 1 aliphatic heterocycles. The molecule has 22 heavy (non-hydrogen) atoms. The van der Waals surface area contributed by atoms with Crippen LogP contribution in [0.3, 0.4) is 0 Å². The molecule has 1 aliphatic rings. The zero-order valence-electron chi connectivity index (χ0n) is 12.7. The van der Waals surface area contributed by atoms with Gasteiger partial charge in [-0.05, 0) is 6.07 Å². The highest BCUT2D eigenvalue weighted by Crippen LogP contribution is 2.34. The summed E-state index contributed by atoms with van der Waals surface area (Å²) in [6, 6.07) is 7.70. The standard InChI is InChI=1S/C16H19N3O3/c1-21-11-16(20)19-10-15-17-7-8-18(15)9-13(19)12-5-3-4-6-14(12)22-2/h3-8,13H,9-11H2,1-2H3/t13-/m0/s1. The number of rotatable bonds is 4. The van der Waals surface area contributed by atoms with E-state index in [0.29, 0.717) is 13.1 Å². The molecule has 0 aliphatic carbocycles. The number of imidazole rings is 1. The zero-order chi connectivity index (χ0) is 15.5. The number of carbonyl (C=O) groups is 1. The Labute approximate surface area is 129 Å². The van der Waals surface area contributed by atoms with Crippen molar-refractivity contribution in [3.63, 3.8) is 0 Å². The van der Waals surface area contributed by atoms with Crippen LogP contribution in [-0.2, 0) is 22.6 Å². The third kappa shape index (κ3) is 2.57. The van der Waals surface area contributed by atoms with Crippen molar-refractivity contribution < 1.29 is 14.3 Å². The number of ether oxygens (including phenoxy) is 2. The van der Waals surface area contributed by atoms with Crippen LogP contribution in [0.2, 0.25) is 0 Å². The maximum absolute atomic E-state index is 12.4. The number of aromatic nitrogens is 2. The van der Waals surface area contributed by atoms with Gasteiger partial charge >= 0.3 is 0 Å². The van der Waals surface area contributed by atoms with E-state index in [-0.39, 0.29) is 18.6 Å². The number of hydrogen-bond donors (Lipinski definition) is 0. The molecule has 0 fully saturated rings. The number of amides is 1. The number of fused-ring (bicyclic) bond motifs is 1. The predicted molar refractivity (Wildman–Crippen MR) is 80.4 cm³/mol. The number of hydrogen-bond acceptors (Lipinski definition) is 4. The molecule has 2 aromatic rings. The molecule has 1 atom stereocenters. The van der Waals surface area contributed by atoms with Gasteiger partial charge in [0, 0.05) is 31.6 Å². The number of benzene rings is 1. The van der Waals surface area contributed by atoms with Crippen molar-refractivity contribution >= 4 is 5.91 Å². The van der Waals surface area contributed by atoms with Gasteiger partial charge in [-0.15, -0.1) is 0 Å². The van der Waals surface area contributed by atoms with Crippen molar-refractivity contribution in [3.05, 3.63) is 48.0 Å². The average Bonchev–Trinajstić information content (AvgIpc) is 3.01. The maximum Gasteiger partial charge on any atom is 0.249 e. The van der Waals surface area contributed by atoms with Crippen molar-refractivity contribution in [1.29, 1.82) is 0 Å². The van der Waals surface area contributed by atoms with Crippen molar-refractivity contribution in [3.8, 4) is 5.75 Å². The van der Waals surface area contributed by atoms with Crippen LogP contribution in [0.5, 0.6) is 5.75 Å². The monoisotopic (exact) mass is 301 g/mol. The molecule has 0 N–H and O–H groups in total. The molecule has 0 spiro atoms. The molecule has 1 amide bonds. The van der Waals surface area contributed by atoms with Crippen molar-refractivity contribution in [1.82, 2.24) is 14.5 Å². The second kappa shape index (κ2) is 6.19. The van der Waals surface area contributed by atoms with Gasteiger partial charge in [0.05, 0.1) is 19.7 Å². The third-order valence-electron chi connectivity index (χ3n) is 3.95. The van der Waals surface area contributed by atoms with Gasteiger partial charge in [-0.25, -0.2) is 4.98 Å². The fourth-order valence-electron chi connectivity index (χ4n) is 2.88. The molecule has 116 valence electrons. The molecule has 0 radical (unpaired) electrons. The molecular formula is C16H19N3O3. The van der Waals surface area contributed by atoms with E-state index >= 15 is 0 Å². The van der Waals surface area contributed by atoms with Gasteiger partial charge in [-0.1, -0.05) is 18.2 Å². The predicted octanol–water partition coefficient (Wildman–Crippen LogP) is 1.62. The first-order chi connectivity index (χ1) is 10.7. The van der Waals surface area contributed by atoms with E-state index in [1.54, 1.807) is 13.3 Å². The lowest BCUT2D eigenvalue weighted by atomic mass is 10.0. The van der Waals surface area contributed by atoms with Crippen LogP contribution >= 0.6 is 0 Å². The Hall–Kier alpha value is -2.34. The number of para-hydroxylation sites is 1. The van der Waals surface area contributed by atoms with Crippen molar-refractivity contribution in [2.45, 2.75) is 19.1 Å². The molecule has 2 heterocycles. The maximum atomic E-state index is 12.4. The summed E-state index contributed by atoms with van der Waals surface area (Å²) in [4.78, 5) is 18.6. The summed E-state index contributed by atoms with van der Waals surface area (Å²) in [7, 11) is 3.17. The Balaban J connectivity index is 2.00. The van der Waals surface area contributed by atoms with Crippen LogP contribution < -0.4 is 4.74 Å². The second-order valence-corrected chi connectivity index (χ2v) is 5.21. The molecule has 6 nitrogen and oxygen atoms in total. The van der Waals surface area contributed by atoms with Gasteiger partial charge in [0.1, 0.15) is 18.2 Å². The van der Waals surface area contributed by atoms with E-state index < -0.39 is 0 Å². The molecule has 1 aromatic carbocycles. The summed E-state index contributed by atoms with van der Waals surface area (Å²) < 4.78 is 12.6. The number of carbonyl (C=O) groups excluding carboxylic acids is 1. The van der Waals surface area contributed by atoms with Crippen LogP contribution in [0.25, 0.3) is 0 Å². The minimum Gasteiger partial charge on any atom is -0.496 e. The van der Waals surface area contributed by atoms with E-state index in [0.717, 1.165) is 17.1 Å². The second-order valence-electron chi connectivity index (χ2n) is 5.21. The van der Waals surface area contributed by atoms with E-state index in [1.165, 1.54) is 7.11 Å². The first kappa shape index (κ1) is 14.6. The Kier molecular flexibility index (Phi) is 4.11. The zero-order valence-corrected chi connectivity index (χ0v) is 12.7. The van der Waals surface area contributed by atoms with Crippen LogP contribution in [0.1, 0.15) is 17.4 Å². The van der Waals surface area contributed by atoms with Gasteiger partial charge in [0.2, 0.25) is 5.91 Å². The van der Waals surface area contributed by atoms with Gasteiger partial charge in [-0.3, -0.25) is 4.79 Å². The Morgan fingerprint density at radius 2 is 2.18 bits per heavy atom. The summed E-state index contributed by atoms with van der Waals surface area (Å²) in [5.74, 6) is 1.62. The van der Waals surface area contributed by atoms with Gasteiger partial charge in [-0.2, -0.15) is 0 Å².